The number of carbonyl (C=O) groups excluding carboxylic acids is 1. The fourth-order valence-corrected chi connectivity index (χ4v) is 2.38. The third kappa shape index (κ3) is 4.69. The Bertz CT molecular complexity index is 610. The Hall–Kier alpha value is -1.65. The first-order valence-corrected chi connectivity index (χ1v) is 7.70. The zero-order chi connectivity index (χ0) is 15.2. The summed E-state index contributed by atoms with van der Waals surface area (Å²) in [4.78, 5) is 11.2. The van der Waals surface area contributed by atoms with Gasteiger partial charge in [0, 0.05) is 29.7 Å². The molecule has 2 aromatic carbocycles. The molecule has 0 aliphatic carbocycles. The molecule has 0 heterocycles. The van der Waals surface area contributed by atoms with Crippen LogP contribution in [0.25, 0.3) is 0 Å². The maximum absolute atomic E-state index is 11.2. The van der Waals surface area contributed by atoms with Crippen LogP contribution in [-0.2, 0) is 11.3 Å². The van der Waals surface area contributed by atoms with E-state index in [0.717, 1.165) is 15.7 Å². The van der Waals surface area contributed by atoms with Gasteiger partial charge in [-0.2, -0.15) is 0 Å². The molecule has 0 fully saturated rings. The van der Waals surface area contributed by atoms with Gasteiger partial charge in [0.05, 0.1) is 0 Å². The molecule has 0 aliphatic rings. The Kier molecular flexibility index (Phi) is 5.53. The van der Waals surface area contributed by atoms with Crippen LogP contribution < -0.4 is 10.6 Å². The van der Waals surface area contributed by atoms with E-state index in [4.69, 9.17) is 0 Å². The zero-order valence-corrected chi connectivity index (χ0v) is 13.8. The monoisotopic (exact) mass is 346 g/mol. The maximum Gasteiger partial charge on any atom is 0.221 e. The van der Waals surface area contributed by atoms with Crippen molar-refractivity contribution in [2.45, 2.75) is 26.4 Å². The van der Waals surface area contributed by atoms with Crippen LogP contribution in [0.3, 0.4) is 0 Å². The minimum atomic E-state index is -0.0524. The van der Waals surface area contributed by atoms with E-state index in [0.29, 0.717) is 6.54 Å². The molecule has 0 bridgehead atoms. The summed E-state index contributed by atoms with van der Waals surface area (Å²) in [6.45, 7) is 4.35. The first-order chi connectivity index (χ1) is 10.1. The number of nitrogens with one attached hydrogen (secondary N) is 2. The van der Waals surface area contributed by atoms with Gasteiger partial charge >= 0.3 is 0 Å². The highest BCUT2D eigenvalue weighted by Gasteiger charge is 2.07. The van der Waals surface area contributed by atoms with Gasteiger partial charge in [-0.3, -0.25) is 4.79 Å². The number of benzene rings is 2. The number of halogens is 1. The summed E-state index contributed by atoms with van der Waals surface area (Å²) in [6, 6.07) is 16.4. The molecule has 0 unspecified atom stereocenters. The number of hydrogen-bond acceptors (Lipinski definition) is 2. The van der Waals surface area contributed by atoms with Gasteiger partial charge in [0.1, 0.15) is 0 Å². The Labute approximate surface area is 133 Å². The van der Waals surface area contributed by atoms with Crippen LogP contribution in [-0.4, -0.2) is 5.91 Å². The van der Waals surface area contributed by atoms with Crippen molar-refractivity contribution >= 4 is 27.5 Å². The second-order valence-electron chi connectivity index (χ2n) is 4.99. The fraction of sp³-hybridized carbons (Fsp3) is 0.235. The molecule has 1 amide bonds. The van der Waals surface area contributed by atoms with E-state index >= 15 is 0 Å². The number of amides is 1. The van der Waals surface area contributed by atoms with Gasteiger partial charge in [0.2, 0.25) is 5.91 Å². The number of para-hydroxylation sites is 1. The van der Waals surface area contributed by atoms with Gasteiger partial charge in [0.25, 0.3) is 0 Å². The van der Waals surface area contributed by atoms with Crippen LogP contribution in [0.15, 0.2) is 53.0 Å². The first kappa shape index (κ1) is 15.7. The molecule has 2 rings (SSSR count). The SMILES string of the molecule is CC(=O)Nc1ccccc1CN[C@@H](C)c1ccc(Br)cc1. The molecule has 0 saturated carbocycles. The lowest BCUT2D eigenvalue weighted by Gasteiger charge is -2.16. The van der Waals surface area contributed by atoms with Crippen molar-refractivity contribution in [1.82, 2.24) is 5.32 Å². The van der Waals surface area contributed by atoms with Gasteiger partial charge in [0.15, 0.2) is 0 Å². The Morgan fingerprint density at radius 3 is 2.48 bits per heavy atom. The fourth-order valence-electron chi connectivity index (χ4n) is 2.12. The second-order valence-corrected chi connectivity index (χ2v) is 5.91. The van der Waals surface area contributed by atoms with E-state index in [1.165, 1.54) is 12.5 Å². The molecule has 2 aromatic rings. The summed E-state index contributed by atoms with van der Waals surface area (Å²) >= 11 is 3.44. The highest BCUT2D eigenvalue weighted by Crippen LogP contribution is 2.19. The van der Waals surface area contributed by atoms with E-state index in [1.807, 2.05) is 36.4 Å². The van der Waals surface area contributed by atoms with Crippen LogP contribution in [0.1, 0.15) is 31.0 Å². The van der Waals surface area contributed by atoms with E-state index in [2.05, 4.69) is 45.6 Å². The number of hydrogen-bond donors (Lipinski definition) is 2. The van der Waals surface area contributed by atoms with Crippen molar-refractivity contribution in [2.24, 2.45) is 0 Å². The summed E-state index contributed by atoms with van der Waals surface area (Å²) in [6.07, 6.45) is 0. The van der Waals surface area contributed by atoms with Crippen molar-refractivity contribution in [2.75, 3.05) is 5.32 Å². The van der Waals surface area contributed by atoms with E-state index < -0.39 is 0 Å². The molecule has 2 N–H and O–H groups in total. The summed E-state index contributed by atoms with van der Waals surface area (Å²) < 4.78 is 1.08. The summed E-state index contributed by atoms with van der Waals surface area (Å²) in [7, 11) is 0. The predicted octanol–water partition coefficient (Wildman–Crippen LogP) is 4.26. The number of carbonyl (C=O) groups is 1. The zero-order valence-electron chi connectivity index (χ0n) is 12.2. The Morgan fingerprint density at radius 1 is 1.14 bits per heavy atom. The summed E-state index contributed by atoms with van der Waals surface area (Å²) in [5.41, 5.74) is 3.17. The molecule has 1 atom stereocenters. The summed E-state index contributed by atoms with van der Waals surface area (Å²) in [5, 5.41) is 6.34. The minimum Gasteiger partial charge on any atom is -0.326 e. The third-order valence-corrected chi connectivity index (χ3v) is 3.83. The molecule has 0 aliphatic heterocycles. The predicted molar refractivity (Wildman–Crippen MR) is 90.1 cm³/mol. The van der Waals surface area contributed by atoms with Crippen LogP contribution in [0, 0.1) is 0 Å². The third-order valence-electron chi connectivity index (χ3n) is 3.30. The molecular weight excluding hydrogens is 328 g/mol. The topological polar surface area (TPSA) is 41.1 Å². The van der Waals surface area contributed by atoms with Gasteiger partial charge in [-0.15, -0.1) is 0 Å². The maximum atomic E-state index is 11.2. The molecule has 21 heavy (non-hydrogen) atoms. The molecule has 0 aromatic heterocycles. The highest BCUT2D eigenvalue weighted by molar-refractivity contribution is 9.10. The van der Waals surface area contributed by atoms with Crippen molar-refractivity contribution < 1.29 is 4.79 Å². The van der Waals surface area contributed by atoms with Crippen LogP contribution in [0.5, 0.6) is 0 Å². The molecule has 110 valence electrons. The quantitative estimate of drug-likeness (QED) is 0.849. The molecule has 0 radical (unpaired) electrons. The van der Waals surface area contributed by atoms with Crippen LogP contribution >= 0.6 is 15.9 Å². The lowest BCUT2D eigenvalue weighted by atomic mass is 10.1. The van der Waals surface area contributed by atoms with Gasteiger partial charge in [-0.25, -0.2) is 0 Å². The normalized spacial score (nSPS) is 12.0. The van der Waals surface area contributed by atoms with Crippen LogP contribution in [0.2, 0.25) is 0 Å². The molecule has 4 heteroatoms. The van der Waals surface area contributed by atoms with E-state index in [9.17, 15) is 4.79 Å². The average Bonchev–Trinajstić information content (AvgIpc) is 2.46. The lowest BCUT2D eigenvalue weighted by molar-refractivity contribution is -0.114. The lowest BCUT2D eigenvalue weighted by Crippen LogP contribution is -2.19. The number of anilines is 1. The van der Waals surface area contributed by atoms with Crippen LogP contribution in [0.4, 0.5) is 5.69 Å². The van der Waals surface area contributed by atoms with E-state index in [1.54, 1.807) is 0 Å². The summed E-state index contributed by atoms with van der Waals surface area (Å²) in [5.74, 6) is -0.0524. The molecule has 0 spiro atoms. The number of rotatable bonds is 5. The van der Waals surface area contributed by atoms with Gasteiger partial charge in [-0.05, 0) is 36.2 Å². The van der Waals surface area contributed by atoms with E-state index in [-0.39, 0.29) is 11.9 Å². The molecule has 3 nitrogen and oxygen atoms in total. The van der Waals surface area contributed by atoms with Gasteiger partial charge < -0.3 is 10.6 Å². The Morgan fingerprint density at radius 2 is 1.81 bits per heavy atom. The molecule has 0 saturated heterocycles. The van der Waals surface area contributed by atoms with Crippen molar-refractivity contribution in [3.8, 4) is 0 Å². The average molecular weight is 347 g/mol. The highest BCUT2D eigenvalue weighted by atomic mass is 79.9. The van der Waals surface area contributed by atoms with Crippen molar-refractivity contribution in [3.05, 3.63) is 64.1 Å². The van der Waals surface area contributed by atoms with Crippen molar-refractivity contribution in [3.63, 3.8) is 0 Å². The largest absolute Gasteiger partial charge is 0.326 e. The minimum absolute atomic E-state index is 0.0524. The molecular formula is C17H19BrN2O. The standard InChI is InChI=1S/C17H19BrN2O/c1-12(14-7-9-16(18)10-8-14)19-11-15-5-3-4-6-17(15)20-13(2)21/h3-10,12,19H,11H2,1-2H3,(H,20,21)/t12-/m0/s1. The van der Waals surface area contributed by atoms with Crippen molar-refractivity contribution in [1.29, 1.82) is 0 Å². The second kappa shape index (κ2) is 7.38. The Balaban J connectivity index is 2.02. The first-order valence-electron chi connectivity index (χ1n) is 6.90. The van der Waals surface area contributed by atoms with Gasteiger partial charge in [-0.1, -0.05) is 46.3 Å². The smallest absolute Gasteiger partial charge is 0.221 e.